The summed E-state index contributed by atoms with van der Waals surface area (Å²) >= 11 is 0. The number of nitrogens with one attached hydrogen (secondary N) is 1. The van der Waals surface area contributed by atoms with Crippen molar-refractivity contribution in [2.75, 3.05) is 16.8 Å². The summed E-state index contributed by atoms with van der Waals surface area (Å²) in [5.74, 6) is -0.208. The van der Waals surface area contributed by atoms with E-state index in [0.717, 1.165) is 53.9 Å². The predicted molar refractivity (Wildman–Crippen MR) is 110 cm³/mol. The molecule has 6 heteroatoms. The Kier molecular flexibility index (Phi) is 4.79. The lowest BCUT2D eigenvalue weighted by molar-refractivity contribution is -0.384. The van der Waals surface area contributed by atoms with Crippen LogP contribution in [0.4, 0.5) is 17.1 Å². The van der Waals surface area contributed by atoms with E-state index < -0.39 is 0 Å². The molecule has 1 N–H and O–H groups in total. The van der Waals surface area contributed by atoms with Crippen molar-refractivity contribution < 1.29 is 9.72 Å². The molecule has 0 aromatic heterocycles. The van der Waals surface area contributed by atoms with Gasteiger partial charge in [-0.05, 0) is 62.3 Å². The van der Waals surface area contributed by atoms with Gasteiger partial charge < -0.3 is 10.2 Å². The van der Waals surface area contributed by atoms with Gasteiger partial charge in [-0.2, -0.15) is 0 Å². The van der Waals surface area contributed by atoms with Crippen LogP contribution in [0.25, 0.3) is 0 Å². The van der Waals surface area contributed by atoms with Crippen molar-refractivity contribution in [3.05, 3.63) is 63.2 Å². The summed E-state index contributed by atoms with van der Waals surface area (Å²) < 4.78 is 0. The van der Waals surface area contributed by atoms with Crippen molar-refractivity contribution in [2.45, 2.75) is 45.6 Å². The van der Waals surface area contributed by atoms with E-state index in [1.165, 1.54) is 0 Å². The zero-order chi connectivity index (χ0) is 19.8. The number of carbonyl (C=O) groups excluding carboxylic acids is 1. The van der Waals surface area contributed by atoms with Crippen molar-refractivity contribution in [3.63, 3.8) is 0 Å². The molecule has 1 saturated heterocycles. The molecule has 2 heterocycles. The van der Waals surface area contributed by atoms with Gasteiger partial charge >= 0.3 is 0 Å². The van der Waals surface area contributed by atoms with E-state index in [0.29, 0.717) is 6.42 Å². The molecular formula is C22H25N3O3. The predicted octanol–water partition coefficient (Wildman–Crippen LogP) is 4.38. The Morgan fingerprint density at radius 1 is 1.18 bits per heavy atom. The van der Waals surface area contributed by atoms with Crippen LogP contribution >= 0.6 is 0 Å². The van der Waals surface area contributed by atoms with E-state index in [1.807, 2.05) is 38.1 Å². The zero-order valence-corrected chi connectivity index (χ0v) is 16.3. The van der Waals surface area contributed by atoms with Crippen molar-refractivity contribution in [3.8, 4) is 0 Å². The lowest BCUT2D eigenvalue weighted by atomic mass is 9.80. The van der Waals surface area contributed by atoms with Gasteiger partial charge in [0.15, 0.2) is 0 Å². The number of hydrogen-bond acceptors (Lipinski definition) is 4. The van der Waals surface area contributed by atoms with E-state index in [9.17, 15) is 14.9 Å². The molecular weight excluding hydrogens is 354 g/mol. The van der Waals surface area contributed by atoms with Crippen LogP contribution < -0.4 is 10.2 Å². The summed E-state index contributed by atoms with van der Waals surface area (Å²) in [7, 11) is 0. The number of carbonyl (C=O) groups is 1. The topological polar surface area (TPSA) is 75.5 Å². The Morgan fingerprint density at radius 3 is 2.64 bits per heavy atom. The van der Waals surface area contributed by atoms with Crippen LogP contribution in [0.1, 0.15) is 36.0 Å². The van der Waals surface area contributed by atoms with Gasteiger partial charge in [0, 0.05) is 36.1 Å². The van der Waals surface area contributed by atoms with E-state index in [1.54, 1.807) is 12.1 Å². The molecule has 2 aromatic carbocycles. The number of rotatable bonds is 3. The molecule has 2 atom stereocenters. The number of amides is 1. The fourth-order valence-electron chi connectivity index (χ4n) is 4.67. The molecule has 2 aromatic rings. The quantitative estimate of drug-likeness (QED) is 0.634. The second-order valence-corrected chi connectivity index (χ2v) is 7.89. The highest BCUT2D eigenvalue weighted by molar-refractivity contribution is 5.95. The number of anilines is 2. The largest absolute Gasteiger partial charge is 0.368 e. The monoisotopic (exact) mass is 379 g/mol. The number of nitro benzene ring substituents is 1. The number of nitrogens with zero attached hydrogens (tertiary/aromatic N) is 2. The van der Waals surface area contributed by atoms with Crippen molar-refractivity contribution in [1.29, 1.82) is 0 Å². The smallest absolute Gasteiger partial charge is 0.269 e. The van der Waals surface area contributed by atoms with E-state index in [4.69, 9.17) is 0 Å². The second-order valence-electron chi connectivity index (χ2n) is 7.89. The number of fused-ring (bicyclic) bond motifs is 3. The van der Waals surface area contributed by atoms with E-state index >= 15 is 0 Å². The maximum Gasteiger partial charge on any atom is 0.269 e. The summed E-state index contributed by atoms with van der Waals surface area (Å²) in [5.41, 5.74) is 4.99. The summed E-state index contributed by atoms with van der Waals surface area (Å²) in [5, 5.41) is 14.4. The molecule has 28 heavy (non-hydrogen) atoms. The zero-order valence-electron chi connectivity index (χ0n) is 16.3. The van der Waals surface area contributed by atoms with Crippen LogP contribution in [-0.2, 0) is 11.2 Å². The van der Waals surface area contributed by atoms with Gasteiger partial charge in [0.05, 0.1) is 10.8 Å². The summed E-state index contributed by atoms with van der Waals surface area (Å²) in [6.45, 7) is 4.88. The second kappa shape index (κ2) is 7.26. The molecule has 1 fully saturated rings. The molecule has 1 amide bonds. The first kappa shape index (κ1) is 18.5. The third-order valence-corrected chi connectivity index (χ3v) is 6.10. The van der Waals surface area contributed by atoms with Gasteiger partial charge in [-0.1, -0.05) is 18.2 Å². The first-order valence-electron chi connectivity index (χ1n) is 9.87. The highest BCUT2D eigenvalue weighted by atomic mass is 16.6. The van der Waals surface area contributed by atoms with Crippen LogP contribution in [0.3, 0.4) is 0 Å². The third kappa shape index (κ3) is 3.23. The Labute approximate surface area is 164 Å². The number of nitro groups is 1. The minimum absolute atomic E-state index is 0.00598. The van der Waals surface area contributed by atoms with Crippen LogP contribution in [-0.4, -0.2) is 23.4 Å². The maximum atomic E-state index is 13.3. The molecule has 2 aliphatic rings. The van der Waals surface area contributed by atoms with Crippen molar-refractivity contribution in [2.24, 2.45) is 5.92 Å². The van der Waals surface area contributed by atoms with Gasteiger partial charge in [0.2, 0.25) is 5.91 Å². The van der Waals surface area contributed by atoms with Crippen LogP contribution in [0.15, 0.2) is 36.4 Å². The molecule has 0 saturated carbocycles. The molecule has 0 spiro atoms. The molecule has 0 aliphatic carbocycles. The highest BCUT2D eigenvalue weighted by Crippen LogP contribution is 2.40. The lowest BCUT2D eigenvalue weighted by Gasteiger charge is -2.46. The Morgan fingerprint density at radius 2 is 1.93 bits per heavy atom. The number of benzene rings is 2. The number of para-hydroxylation sites is 1. The van der Waals surface area contributed by atoms with Gasteiger partial charge in [0.25, 0.3) is 5.69 Å². The van der Waals surface area contributed by atoms with Crippen LogP contribution in [0.2, 0.25) is 0 Å². The number of non-ortho nitro benzene ring substituents is 1. The standard InChI is InChI=1S/C22H25N3O3/c1-14-6-5-7-15(2)21(14)23-22(26)18-13-16-12-17(25(27)28)9-10-19(16)24-11-4-3-8-20(18)24/h5-7,9-10,12,18,20H,3-4,8,11,13H2,1-2H3,(H,23,26)/t18-,20+/m0/s1. The highest BCUT2D eigenvalue weighted by Gasteiger charge is 2.40. The summed E-state index contributed by atoms with van der Waals surface area (Å²) in [4.78, 5) is 26.4. The minimum Gasteiger partial charge on any atom is -0.368 e. The number of hydrogen-bond donors (Lipinski definition) is 1. The molecule has 0 bridgehead atoms. The molecule has 0 unspecified atom stereocenters. The van der Waals surface area contributed by atoms with Crippen molar-refractivity contribution >= 4 is 23.0 Å². The maximum absolute atomic E-state index is 13.3. The lowest BCUT2D eigenvalue weighted by Crippen LogP contribution is -2.52. The Balaban J connectivity index is 1.67. The van der Waals surface area contributed by atoms with Crippen LogP contribution in [0, 0.1) is 29.9 Å². The first-order valence-corrected chi connectivity index (χ1v) is 9.87. The SMILES string of the molecule is Cc1cccc(C)c1NC(=O)[C@H]1Cc2cc([N+](=O)[O-])ccc2N2CCCC[C@H]12. The molecule has 0 radical (unpaired) electrons. The van der Waals surface area contributed by atoms with Gasteiger partial charge in [-0.3, -0.25) is 14.9 Å². The molecule has 146 valence electrons. The summed E-state index contributed by atoms with van der Waals surface area (Å²) in [6, 6.07) is 11.2. The van der Waals surface area contributed by atoms with E-state index in [-0.39, 0.29) is 28.5 Å². The Bertz CT molecular complexity index is 920. The summed E-state index contributed by atoms with van der Waals surface area (Å²) in [6.07, 6.45) is 3.70. The average molecular weight is 379 g/mol. The third-order valence-electron chi connectivity index (χ3n) is 6.10. The molecule has 2 aliphatic heterocycles. The van der Waals surface area contributed by atoms with Gasteiger partial charge in [0.1, 0.15) is 0 Å². The fourth-order valence-corrected chi connectivity index (χ4v) is 4.67. The first-order chi connectivity index (χ1) is 13.5. The number of aryl methyl sites for hydroxylation is 2. The van der Waals surface area contributed by atoms with E-state index in [2.05, 4.69) is 10.2 Å². The van der Waals surface area contributed by atoms with Crippen LogP contribution in [0.5, 0.6) is 0 Å². The molecule has 6 nitrogen and oxygen atoms in total. The fraction of sp³-hybridized carbons (Fsp3) is 0.409. The normalized spacial score (nSPS) is 20.9. The minimum atomic E-state index is -0.367. The van der Waals surface area contributed by atoms with Gasteiger partial charge in [-0.15, -0.1) is 0 Å². The van der Waals surface area contributed by atoms with Gasteiger partial charge in [-0.25, -0.2) is 0 Å². The number of piperidine rings is 1. The average Bonchev–Trinajstić information content (AvgIpc) is 2.69. The molecule has 4 rings (SSSR count). The van der Waals surface area contributed by atoms with Crippen molar-refractivity contribution in [1.82, 2.24) is 0 Å². The Hall–Kier alpha value is -2.89.